The summed E-state index contributed by atoms with van der Waals surface area (Å²) in [4.78, 5) is 12.1. The van der Waals surface area contributed by atoms with Crippen LogP contribution >= 0.6 is 0 Å². The van der Waals surface area contributed by atoms with Gasteiger partial charge in [0, 0.05) is 14.1 Å². The Morgan fingerprint density at radius 2 is 2.08 bits per heavy atom. The van der Waals surface area contributed by atoms with Crippen molar-refractivity contribution in [3.05, 3.63) is 42.0 Å². The molecule has 0 aliphatic rings. The lowest BCUT2D eigenvalue weighted by molar-refractivity contribution is -0.274. The van der Waals surface area contributed by atoms with Crippen LogP contribution in [-0.2, 0) is 11.2 Å². The van der Waals surface area contributed by atoms with Crippen LogP contribution in [0.1, 0.15) is 18.9 Å². The predicted molar refractivity (Wildman–Crippen MR) is 85.5 cm³/mol. The molecule has 5 nitrogen and oxygen atoms in total. The molecule has 0 radical (unpaired) electrons. The molecular weight excluding hydrogens is 323 g/mol. The molecule has 132 valence electrons. The number of nitrogens with one attached hydrogen (secondary N) is 1. The first-order valence-corrected chi connectivity index (χ1v) is 7.26. The lowest BCUT2D eigenvalue weighted by atomic mass is 10.1. The van der Waals surface area contributed by atoms with Crippen LogP contribution in [0, 0.1) is 0 Å². The fourth-order valence-electron chi connectivity index (χ4n) is 1.77. The van der Waals surface area contributed by atoms with Gasteiger partial charge >= 0.3 is 6.36 Å². The fourth-order valence-corrected chi connectivity index (χ4v) is 1.77. The Hall–Kier alpha value is -2.51. The topological polar surface area (TPSA) is 53.9 Å². The second kappa shape index (κ2) is 8.95. The predicted octanol–water partition coefficient (Wildman–Crippen LogP) is 3.09. The van der Waals surface area contributed by atoms with Gasteiger partial charge in [0.1, 0.15) is 5.75 Å². The lowest BCUT2D eigenvalue weighted by Gasteiger charge is -2.11. The molecule has 1 N–H and O–H groups in total. The third-order valence-corrected chi connectivity index (χ3v) is 2.58. The van der Waals surface area contributed by atoms with E-state index in [9.17, 15) is 18.0 Å². The SMILES string of the molecule is CC/C=C\C(=N/N(C)C)NC(=O)Cc1cccc(OC(F)(F)F)c1. The van der Waals surface area contributed by atoms with Crippen molar-refractivity contribution in [3.8, 4) is 5.75 Å². The molecule has 0 aliphatic carbocycles. The number of hydrogen-bond donors (Lipinski definition) is 1. The van der Waals surface area contributed by atoms with E-state index >= 15 is 0 Å². The van der Waals surface area contributed by atoms with E-state index in [4.69, 9.17) is 0 Å². The van der Waals surface area contributed by atoms with Crippen LogP contribution < -0.4 is 10.1 Å². The van der Waals surface area contributed by atoms with Crippen molar-refractivity contribution in [2.75, 3.05) is 14.1 Å². The molecule has 0 bridgehead atoms. The summed E-state index contributed by atoms with van der Waals surface area (Å²) in [6.45, 7) is 1.94. The largest absolute Gasteiger partial charge is 0.573 e. The van der Waals surface area contributed by atoms with Gasteiger partial charge in [0.2, 0.25) is 5.91 Å². The van der Waals surface area contributed by atoms with E-state index in [-0.39, 0.29) is 18.1 Å². The van der Waals surface area contributed by atoms with Crippen LogP contribution in [0.5, 0.6) is 5.75 Å². The molecule has 1 rings (SSSR count). The van der Waals surface area contributed by atoms with E-state index in [0.717, 1.165) is 6.42 Å². The molecule has 0 fully saturated rings. The van der Waals surface area contributed by atoms with Crippen LogP contribution in [0.3, 0.4) is 0 Å². The quantitative estimate of drug-likeness (QED) is 0.491. The summed E-state index contributed by atoms with van der Waals surface area (Å²) in [6, 6.07) is 5.30. The van der Waals surface area contributed by atoms with Gasteiger partial charge in [0.25, 0.3) is 0 Å². The Labute approximate surface area is 138 Å². The molecule has 24 heavy (non-hydrogen) atoms. The molecule has 0 heterocycles. The molecular formula is C16H20F3N3O2. The van der Waals surface area contributed by atoms with Crippen molar-refractivity contribution in [2.24, 2.45) is 5.10 Å². The highest BCUT2D eigenvalue weighted by molar-refractivity contribution is 6.04. The molecule has 0 unspecified atom stereocenters. The first kappa shape index (κ1) is 19.5. The van der Waals surface area contributed by atoms with Crippen LogP contribution in [-0.4, -0.2) is 37.2 Å². The maximum Gasteiger partial charge on any atom is 0.573 e. The van der Waals surface area contributed by atoms with Crippen LogP contribution in [0.25, 0.3) is 0 Å². The maximum absolute atomic E-state index is 12.2. The molecule has 1 aromatic carbocycles. The number of rotatable bonds is 6. The summed E-state index contributed by atoms with van der Waals surface area (Å²) in [5, 5.41) is 8.27. The number of hydrazone groups is 1. The van der Waals surface area contributed by atoms with E-state index in [1.165, 1.54) is 23.2 Å². The summed E-state index contributed by atoms with van der Waals surface area (Å²) in [5.74, 6) is -0.393. The Bertz CT molecular complexity index is 611. The Morgan fingerprint density at radius 3 is 2.67 bits per heavy atom. The summed E-state index contributed by atoms with van der Waals surface area (Å²) in [7, 11) is 3.42. The molecule has 0 spiro atoms. The smallest absolute Gasteiger partial charge is 0.406 e. The zero-order chi connectivity index (χ0) is 18.2. The summed E-state index contributed by atoms with van der Waals surface area (Å²) in [5.41, 5.74) is 0.401. The van der Waals surface area contributed by atoms with E-state index in [2.05, 4.69) is 15.2 Å². The van der Waals surface area contributed by atoms with Crippen molar-refractivity contribution < 1.29 is 22.7 Å². The Balaban J connectivity index is 2.76. The van der Waals surface area contributed by atoms with Gasteiger partial charge in [-0.05, 0) is 30.2 Å². The fraction of sp³-hybridized carbons (Fsp3) is 0.375. The lowest BCUT2D eigenvalue weighted by Crippen LogP contribution is -2.32. The standard InChI is InChI=1S/C16H20F3N3O2/c1-4-5-9-14(21-22(2)3)20-15(23)11-12-7-6-8-13(10-12)24-16(17,18)19/h5-10H,4,11H2,1-3H3,(H,20,21,23)/b9-5-. The van der Waals surface area contributed by atoms with Gasteiger partial charge in [-0.2, -0.15) is 5.10 Å². The number of amidine groups is 1. The average molecular weight is 343 g/mol. The highest BCUT2D eigenvalue weighted by atomic mass is 19.4. The molecule has 8 heteroatoms. The number of benzene rings is 1. The average Bonchev–Trinajstić information content (AvgIpc) is 2.42. The first-order chi connectivity index (χ1) is 11.2. The summed E-state index contributed by atoms with van der Waals surface area (Å²) in [6.07, 6.45) is -0.584. The summed E-state index contributed by atoms with van der Waals surface area (Å²) >= 11 is 0. The molecule has 0 atom stereocenters. The number of ether oxygens (including phenoxy) is 1. The highest BCUT2D eigenvalue weighted by Crippen LogP contribution is 2.23. The molecule has 1 amide bonds. The zero-order valence-corrected chi connectivity index (χ0v) is 13.7. The number of carbonyl (C=O) groups excluding carboxylic acids is 1. The third-order valence-electron chi connectivity index (χ3n) is 2.58. The van der Waals surface area contributed by atoms with Gasteiger partial charge in [0.15, 0.2) is 5.84 Å². The minimum absolute atomic E-state index is 0.0958. The van der Waals surface area contributed by atoms with Crippen molar-refractivity contribution in [1.29, 1.82) is 0 Å². The normalized spacial score (nSPS) is 12.3. The van der Waals surface area contributed by atoms with Crippen molar-refractivity contribution in [3.63, 3.8) is 0 Å². The highest BCUT2D eigenvalue weighted by Gasteiger charge is 2.31. The van der Waals surface area contributed by atoms with Gasteiger partial charge in [-0.25, -0.2) is 0 Å². The monoisotopic (exact) mass is 343 g/mol. The van der Waals surface area contributed by atoms with E-state index < -0.39 is 6.36 Å². The second-order valence-corrected chi connectivity index (χ2v) is 5.06. The van der Waals surface area contributed by atoms with E-state index in [1.807, 2.05) is 13.0 Å². The van der Waals surface area contributed by atoms with Crippen molar-refractivity contribution >= 4 is 11.7 Å². The maximum atomic E-state index is 12.2. The number of nitrogens with zero attached hydrogens (tertiary/aromatic N) is 2. The first-order valence-electron chi connectivity index (χ1n) is 7.26. The zero-order valence-electron chi connectivity index (χ0n) is 13.7. The molecule has 0 saturated heterocycles. The van der Waals surface area contributed by atoms with Gasteiger partial charge in [-0.15, -0.1) is 13.2 Å². The van der Waals surface area contributed by atoms with Gasteiger partial charge < -0.3 is 15.1 Å². The molecule has 0 aromatic heterocycles. The minimum atomic E-state index is -4.77. The van der Waals surface area contributed by atoms with Crippen LogP contribution in [0.4, 0.5) is 13.2 Å². The van der Waals surface area contributed by atoms with E-state index in [1.54, 1.807) is 26.2 Å². The number of halogens is 3. The Kier molecular flexibility index (Phi) is 7.29. The second-order valence-electron chi connectivity index (χ2n) is 5.06. The number of carbonyl (C=O) groups is 1. The number of amides is 1. The molecule has 0 saturated carbocycles. The third kappa shape index (κ3) is 8.21. The summed E-state index contributed by atoms with van der Waals surface area (Å²) < 4.78 is 40.5. The minimum Gasteiger partial charge on any atom is -0.406 e. The molecule has 1 aromatic rings. The number of alkyl halides is 3. The number of allylic oxidation sites excluding steroid dienone is 1. The molecule has 0 aliphatic heterocycles. The van der Waals surface area contributed by atoms with Crippen LogP contribution in [0.2, 0.25) is 0 Å². The van der Waals surface area contributed by atoms with Gasteiger partial charge in [-0.3, -0.25) is 4.79 Å². The van der Waals surface area contributed by atoms with Crippen LogP contribution in [0.15, 0.2) is 41.5 Å². The van der Waals surface area contributed by atoms with Crippen molar-refractivity contribution in [1.82, 2.24) is 10.3 Å². The number of hydrogen-bond acceptors (Lipinski definition) is 4. The van der Waals surface area contributed by atoms with E-state index in [0.29, 0.717) is 11.4 Å². The van der Waals surface area contributed by atoms with Crippen molar-refractivity contribution in [2.45, 2.75) is 26.1 Å². The van der Waals surface area contributed by atoms with Gasteiger partial charge in [0.05, 0.1) is 6.42 Å². The Morgan fingerprint density at radius 1 is 1.38 bits per heavy atom. The van der Waals surface area contributed by atoms with Gasteiger partial charge in [-0.1, -0.05) is 25.1 Å².